The molecule has 3 aromatic rings. The molecular formula is C27H22N2O5S. The summed E-state index contributed by atoms with van der Waals surface area (Å²) in [6.45, 7) is 1.80. The molecule has 1 heterocycles. The molecule has 0 spiro atoms. The summed E-state index contributed by atoms with van der Waals surface area (Å²) < 4.78 is 11.3. The lowest BCUT2D eigenvalue weighted by atomic mass is 10.1. The lowest BCUT2D eigenvalue weighted by Crippen LogP contribution is -2.54. The number of Topliss-reactive ketones (excluding diaryl/α,β-unsaturated/α-hetero) is 1. The number of amides is 2. The molecule has 0 radical (unpaired) electrons. The molecule has 0 aliphatic carbocycles. The number of anilines is 1. The average Bonchev–Trinajstić information content (AvgIpc) is 2.86. The van der Waals surface area contributed by atoms with E-state index in [1.54, 1.807) is 54.6 Å². The molecule has 0 atom stereocenters. The lowest BCUT2D eigenvalue weighted by Gasteiger charge is -2.28. The first-order valence-corrected chi connectivity index (χ1v) is 11.2. The van der Waals surface area contributed by atoms with Crippen molar-refractivity contribution < 1.29 is 23.9 Å². The second-order valence-electron chi connectivity index (χ2n) is 7.75. The van der Waals surface area contributed by atoms with E-state index in [1.807, 2.05) is 18.2 Å². The molecule has 3 aromatic carbocycles. The number of nitrogens with one attached hydrogen (secondary N) is 1. The van der Waals surface area contributed by atoms with Gasteiger partial charge in [0.1, 0.15) is 12.2 Å². The molecule has 8 heteroatoms. The number of thiocarbonyl (C=S) groups is 1. The maximum Gasteiger partial charge on any atom is 0.270 e. The van der Waals surface area contributed by atoms with Crippen LogP contribution in [0.25, 0.3) is 6.08 Å². The van der Waals surface area contributed by atoms with Gasteiger partial charge in [0.25, 0.3) is 11.8 Å². The Bertz CT molecular complexity index is 1330. The standard InChI is InChI=1S/C27H22N2O5S/c1-17(30)20-11-8-18(9-12-20)16-34-23-13-10-19(15-24(23)33-2)14-22-25(31)28-27(35)29(26(22)32)21-6-4-3-5-7-21/h3-15H,16H2,1-2H3,(H,28,31,35)/b22-14+. The normalized spacial score (nSPS) is 14.6. The van der Waals surface area contributed by atoms with Crippen molar-refractivity contribution >= 4 is 46.7 Å². The third-order valence-electron chi connectivity index (χ3n) is 5.37. The molecule has 1 saturated heterocycles. The lowest BCUT2D eigenvalue weighted by molar-refractivity contribution is -0.122. The van der Waals surface area contributed by atoms with Crippen molar-refractivity contribution in [3.05, 3.63) is 95.1 Å². The number of para-hydroxylation sites is 1. The molecule has 0 saturated carbocycles. The van der Waals surface area contributed by atoms with Gasteiger partial charge in [-0.15, -0.1) is 0 Å². The van der Waals surface area contributed by atoms with Crippen LogP contribution in [0.1, 0.15) is 28.4 Å². The summed E-state index contributed by atoms with van der Waals surface area (Å²) >= 11 is 5.22. The van der Waals surface area contributed by atoms with E-state index in [2.05, 4.69) is 5.32 Å². The number of ether oxygens (including phenoxy) is 2. The fraction of sp³-hybridized carbons (Fsp3) is 0.111. The Hall–Kier alpha value is -4.30. The second kappa shape index (κ2) is 10.3. The molecule has 7 nitrogen and oxygen atoms in total. The number of hydrogen-bond acceptors (Lipinski definition) is 6. The highest BCUT2D eigenvalue weighted by atomic mass is 32.1. The van der Waals surface area contributed by atoms with Crippen LogP contribution in [0.4, 0.5) is 5.69 Å². The number of methoxy groups -OCH3 is 1. The van der Waals surface area contributed by atoms with Gasteiger partial charge in [-0.25, -0.2) is 0 Å². The van der Waals surface area contributed by atoms with Gasteiger partial charge in [0.15, 0.2) is 22.4 Å². The summed E-state index contributed by atoms with van der Waals surface area (Å²) in [7, 11) is 1.51. The van der Waals surface area contributed by atoms with Gasteiger partial charge in [-0.2, -0.15) is 0 Å². The van der Waals surface area contributed by atoms with E-state index in [4.69, 9.17) is 21.7 Å². The van der Waals surface area contributed by atoms with Gasteiger partial charge in [-0.3, -0.25) is 24.6 Å². The van der Waals surface area contributed by atoms with Crippen molar-refractivity contribution in [1.29, 1.82) is 0 Å². The van der Waals surface area contributed by atoms with Crippen LogP contribution in [-0.2, 0) is 16.2 Å². The number of benzene rings is 3. The van der Waals surface area contributed by atoms with Crippen LogP contribution in [-0.4, -0.2) is 29.8 Å². The molecule has 1 aliphatic rings. The van der Waals surface area contributed by atoms with Gasteiger partial charge in [-0.05, 0) is 60.6 Å². The third-order valence-corrected chi connectivity index (χ3v) is 5.65. The van der Waals surface area contributed by atoms with Crippen molar-refractivity contribution in [3.8, 4) is 11.5 Å². The molecule has 35 heavy (non-hydrogen) atoms. The fourth-order valence-corrected chi connectivity index (χ4v) is 3.81. The summed E-state index contributed by atoms with van der Waals surface area (Å²) in [5.74, 6) is -0.142. The largest absolute Gasteiger partial charge is 0.493 e. The number of ketones is 1. The SMILES string of the molecule is COc1cc(/C=C2\C(=O)NC(=S)N(c3ccccc3)C2=O)ccc1OCc1ccc(C(C)=O)cc1. The number of hydrogen-bond donors (Lipinski definition) is 1. The van der Waals surface area contributed by atoms with Crippen molar-refractivity contribution in [3.63, 3.8) is 0 Å². The highest BCUT2D eigenvalue weighted by Gasteiger charge is 2.34. The first-order chi connectivity index (χ1) is 16.9. The number of nitrogens with zero attached hydrogens (tertiary/aromatic N) is 1. The molecule has 2 amide bonds. The molecule has 1 fully saturated rings. The Morgan fingerprint density at radius 3 is 2.37 bits per heavy atom. The topological polar surface area (TPSA) is 84.9 Å². The van der Waals surface area contributed by atoms with E-state index in [1.165, 1.54) is 25.0 Å². The van der Waals surface area contributed by atoms with Crippen molar-refractivity contribution in [2.24, 2.45) is 0 Å². The first-order valence-electron chi connectivity index (χ1n) is 10.7. The van der Waals surface area contributed by atoms with Gasteiger partial charge in [0.2, 0.25) is 0 Å². The molecule has 1 N–H and O–H groups in total. The van der Waals surface area contributed by atoms with Crippen LogP contribution in [0.3, 0.4) is 0 Å². The van der Waals surface area contributed by atoms with Crippen LogP contribution in [0, 0.1) is 0 Å². The summed E-state index contributed by atoms with van der Waals surface area (Å²) in [6, 6.07) is 21.2. The monoisotopic (exact) mass is 486 g/mol. The van der Waals surface area contributed by atoms with E-state index < -0.39 is 11.8 Å². The maximum absolute atomic E-state index is 13.1. The van der Waals surface area contributed by atoms with E-state index in [0.717, 1.165) is 5.56 Å². The molecule has 4 rings (SSSR count). The minimum absolute atomic E-state index is 0.00249. The van der Waals surface area contributed by atoms with E-state index in [9.17, 15) is 14.4 Å². The smallest absolute Gasteiger partial charge is 0.270 e. The van der Waals surface area contributed by atoms with Crippen LogP contribution >= 0.6 is 12.2 Å². The molecular weight excluding hydrogens is 464 g/mol. The Balaban J connectivity index is 1.55. The molecule has 176 valence electrons. The predicted molar refractivity (Wildman–Crippen MR) is 136 cm³/mol. The highest BCUT2D eigenvalue weighted by molar-refractivity contribution is 7.80. The van der Waals surface area contributed by atoms with Gasteiger partial charge >= 0.3 is 0 Å². The average molecular weight is 487 g/mol. The van der Waals surface area contributed by atoms with Crippen LogP contribution < -0.4 is 19.7 Å². The van der Waals surface area contributed by atoms with E-state index in [-0.39, 0.29) is 23.1 Å². The van der Waals surface area contributed by atoms with Gasteiger partial charge in [-0.1, -0.05) is 48.5 Å². The highest BCUT2D eigenvalue weighted by Crippen LogP contribution is 2.30. The molecule has 0 aromatic heterocycles. The maximum atomic E-state index is 13.1. The number of carbonyl (C=O) groups excluding carboxylic acids is 3. The van der Waals surface area contributed by atoms with Crippen molar-refractivity contribution in [2.75, 3.05) is 12.0 Å². The Labute approximate surface area is 208 Å². The first kappa shape index (κ1) is 23.8. The molecule has 0 bridgehead atoms. The zero-order chi connectivity index (χ0) is 24.9. The van der Waals surface area contributed by atoms with E-state index >= 15 is 0 Å². The molecule has 1 aliphatic heterocycles. The Kier molecular flexibility index (Phi) is 7.03. The van der Waals surface area contributed by atoms with Gasteiger partial charge in [0, 0.05) is 5.56 Å². The van der Waals surface area contributed by atoms with Crippen molar-refractivity contribution in [2.45, 2.75) is 13.5 Å². The van der Waals surface area contributed by atoms with Gasteiger partial charge in [0.05, 0.1) is 12.8 Å². The zero-order valence-electron chi connectivity index (χ0n) is 19.1. The summed E-state index contributed by atoms with van der Waals surface area (Å²) in [5, 5.41) is 2.60. The summed E-state index contributed by atoms with van der Waals surface area (Å²) in [5.41, 5.74) is 2.62. The summed E-state index contributed by atoms with van der Waals surface area (Å²) in [4.78, 5) is 38.4. The van der Waals surface area contributed by atoms with Gasteiger partial charge < -0.3 is 9.47 Å². The van der Waals surface area contributed by atoms with Crippen LogP contribution in [0.5, 0.6) is 11.5 Å². The van der Waals surface area contributed by atoms with Crippen LogP contribution in [0.2, 0.25) is 0 Å². The second-order valence-corrected chi connectivity index (χ2v) is 8.13. The zero-order valence-corrected chi connectivity index (χ0v) is 19.9. The number of carbonyl (C=O) groups is 3. The minimum atomic E-state index is -0.569. The van der Waals surface area contributed by atoms with E-state index in [0.29, 0.717) is 28.3 Å². The molecule has 0 unspecified atom stereocenters. The predicted octanol–water partition coefficient (Wildman–Crippen LogP) is 4.31. The van der Waals surface area contributed by atoms with Crippen molar-refractivity contribution in [1.82, 2.24) is 5.32 Å². The minimum Gasteiger partial charge on any atom is -0.493 e. The fourth-order valence-electron chi connectivity index (χ4n) is 3.53. The third kappa shape index (κ3) is 5.28. The quantitative estimate of drug-likeness (QED) is 0.232. The van der Waals surface area contributed by atoms with Crippen LogP contribution in [0.15, 0.2) is 78.4 Å². The summed E-state index contributed by atoms with van der Waals surface area (Å²) in [6.07, 6.45) is 1.49. The Morgan fingerprint density at radius 2 is 1.71 bits per heavy atom. The Morgan fingerprint density at radius 1 is 1.00 bits per heavy atom. The number of rotatable bonds is 7.